The fourth-order valence-electron chi connectivity index (χ4n) is 7.21. The van der Waals surface area contributed by atoms with Crippen molar-refractivity contribution in [3.05, 3.63) is 0 Å². The minimum Gasteiger partial charge on any atom is -0.379 e. The van der Waals surface area contributed by atoms with Gasteiger partial charge in [-0.2, -0.15) is 0 Å². The van der Waals surface area contributed by atoms with E-state index in [1.54, 1.807) is 0 Å². The molecule has 0 aromatic heterocycles. The molecule has 0 radical (unpaired) electrons. The molecule has 2 saturated heterocycles. The average Bonchev–Trinajstić information content (AvgIpc) is 3.77. The number of ether oxygens (including phenoxy) is 2. The third-order valence-electron chi connectivity index (χ3n) is 9.37. The lowest BCUT2D eigenvalue weighted by molar-refractivity contribution is 0.100. The van der Waals surface area contributed by atoms with Crippen LogP contribution in [0.4, 0.5) is 0 Å². The van der Waals surface area contributed by atoms with Crippen molar-refractivity contribution in [3.63, 3.8) is 0 Å². The fraction of sp³-hybridized carbons (Fsp3) is 1.00. The van der Waals surface area contributed by atoms with Crippen molar-refractivity contribution in [2.75, 3.05) is 19.6 Å². The first-order valence-corrected chi connectivity index (χ1v) is 14.5. The lowest BCUT2D eigenvalue weighted by Gasteiger charge is -2.41. The zero-order chi connectivity index (χ0) is 22.5. The normalized spacial score (nSPS) is 39.7. The van der Waals surface area contributed by atoms with Crippen LogP contribution in [0.5, 0.6) is 0 Å². The maximum atomic E-state index is 10.2. The predicted molar refractivity (Wildman–Crippen MR) is 131 cm³/mol. The number of fused-ring (bicyclic) bond motifs is 1. The van der Waals surface area contributed by atoms with E-state index in [9.17, 15) is 5.11 Å². The third kappa shape index (κ3) is 7.37. The molecule has 0 aromatic carbocycles. The fourth-order valence-corrected chi connectivity index (χ4v) is 7.21. The molecule has 3 saturated carbocycles. The molecule has 3 aliphatic carbocycles. The van der Waals surface area contributed by atoms with E-state index in [2.05, 4.69) is 16.0 Å². The quantitative estimate of drug-likeness (QED) is 0.245. The molecule has 2 aliphatic heterocycles. The Morgan fingerprint density at radius 3 is 2.36 bits per heavy atom. The van der Waals surface area contributed by atoms with Gasteiger partial charge in [0.1, 0.15) is 30.9 Å². The number of hydrogen-bond acceptors (Lipinski definition) is 6. The predicted octanol–water partition coefficient (Wildman–Crippen LogP) is 3.88. The van der Waals surface area contributed by atoms with Crippen LogP contribution in [0.25, 0.3) is 0 Å². The van der Waals surface area contributed by atoms with Crippen LogP contribution in [0.3, 0.4) is 0 Å². The summed E-state index contributed by atoms with van der Waals surface area (Å²) in [5.41, 5.74) is 0. The molecule has 33 heavy (non-hydrogen) atoms. The third-order valence-corrected chi connectivity index (χ3v) is 9.37. The number of epoxide rings is 2. The van der Waals surface area contributed by atoms with E-state index in [4.69, 9.17) is 9.47 Å². The number of aliphatic hydroxyl groups is 1. The Bertz CT molecular complexity index is 585. The van der Waals surface area contributed by atoms with Crippen molar-refractivity contribution in [1.29, 1.82) is 0 Å². The summed E-state index contributed by atoms with van der Waals surface area (Å²) in [5, 5.41) is 20.7. The molecule has 4 N–H and O–H groups in total. The highest BCUT2D eigenvalue weighted by atomic mass is 16.6. The zero-order valence-corrected chi connectivity index (χ0v) is 20.7. The molecule has 0 bridgehead atoms. The first-order valence-electron chi connectivity index (χ1n) is 14.5. The highest BCUT2D eigenvalue weighted by Gasteiger charge is 2.44. The summed E-state index contributed by atoms with van der Waals surface area (Å²) < 4.78 is 11.6. The zero-order valence-electron chi connectivity index (χ0n) is 20.7. The van der Waals surface area contributed by atoms with E-state index in [-0.39, 0.29) is 24.8 Å². The van der Waals surface area contributed by atoms with Crippen LogP contribution in [0, 0.1) is 23.7 Å². The largest absolute Gasteiger partial charge is 0.379 e. The second kappa shape index (κ2) is 12.1. The Balaban J connectivity index is 0.873. The van der Waals surface area contributed by atoms with Gasteiger partial charge in [0.15, 0.2) is 0 Å². The molecule has 0 aromatic rings. The van der Waals surface area contributed by atoms with E-state index in [0.717, 1.165) is 62.6 Å². The Morgan fingerprint density at radius 2 is 1.45 bits per heavy atom. The van der Waals surface area contributed by atoms with Crippen molar-refractivity contribution < 1.29 is 14.6 Å². The van der Waals surface area contributed by atoms with E-state index >= 15 is 0 Å². The van der Waals surface area contributed by atoms with Gasteiger partial charge in [-0.25, -0.2) is 0 Å². The van der Waals surface area contributed by atoms with Gasteiger partial charge in [-0.15, -0.1) is 0 Å². The van der Waals surface area contributed by atoms with E-state index < -0.39 is 0 Å². The van der Waals surface area contributed by atoms with Crippen LogP contribution in [-0.4, -0.2) is 55.6 Å². The van der Waals surface area contributed by atoms with Crippen LogP contribution < -0.4 is 16.0 Å². The summed E-state index contributed by atoms with van der Waals surface area (Å²) in [7, 11) is 0. The number of aliphatic hydroxyl groups excluding tert-OH is 1. The Morgan fingerprint density at radius 1 is 0.727 bits per heavy atom. The van der Waals surface area contributed by atoms with Gasteiger partial charge in [0.2, 0.25) is 0 Å². The molecule has 0 amide bonds. The SMILES string of the molecule is OC(CCC1CCCCC1)NCCC1OC1NCC1OC1NCC1CCCC2CCCCC21. The molecule has 0 spiro atoms. The van der Waals surface area contributed by atoms with Gasteiger partial charge in [0.25, 0.3) is 0 Å². The highest BCUT2D eigenvalue weighted by Crippen LogP contribution is 2.43. The van der Waals surface area contributed by atoms with Crippen molar-refractivity contribution >= 4 is 0 Å². The maximum Gasteiger partial charge on any atom is 0.136 e. The lowest BCUT2D eigenvalue weighted by atomic mass is 9.65. The first-order chi connectivity index (χ1) is 16.3. The van der Waals surface area contributed by atoms with Crippen molar-refractivity contribution in [1.82, 2.24) is 16.0 Å². The standard InChI is InChI=1S/C27H49N3O3/c31-25(14-13-19-7-2-1-3-8-19)28-16-15-23-26(32-23)30-18-24-27(33-24)29-17-21-11-6-10-20-9-4-5-12-22(20)21/h19-31H,1-18H2. The number of hydrogen-bond donors (Lipinski definition) is 4. The Hall–Kier alpha value is -0.240. The second-order valence-electron chi connectivity index (χ2n) is 11.7. The lowest BCUT2D eigenvalue weighted by Crippen LogP contribution is -2.38. The summed E-state index contributed by atoms with van der Waals surface area (Å²) >= 11 is 0. The van der Waals surface area contributed by atoms with Gasteiger partial charge in [0.05, 0.1) is 0 Å². The van der Waals surface area contributed by atoms with E-state index in [1.807, 2.05) is 0 Å². The van der Waals surface area contributed by atoms with Crippen LogP contribution >= 0.6 is 0 Å². The van der Waals surface area contributed by atoms with Gasteiger partial charge in [-0.05, 0) is 55.8 Å². The van der Waals surface area contributed by atoms with E-state index in [1.165, 1.54) is 77.0 Å². The Kier molecular flexibility index (Phi) is 8.99. The molecular weight excluding hydrogens is 414 g/mol. The second-order valence-corrected chi connectivity index (χ2v) is 11.7. The van der Waals surface area contributed by atoms with Crippen LogP contribution in [0.15, 0.2) is 0 Å². The highest BCUT2D eigenvalue weighted by molar-refractivity contribution is 4.92. The van der Waals surface area contributed by atoms with Gasteiger partial charge >= 0.3 is 0 Å². The minimum absolute atomic E-state index is 0.164. The molecular formula is C27H49N3O3. The molecule has 5 fully saturated rings. The first kappa shape index (κ1) is 24.5. The summed E-state index contributed by atoms with van der Waals surface area (Å²) in [6.07, 6.45) is 20.6. The number of rotatable bonds is 13. The van der Waals surface area contributed by atoms with Crippen molar-refractivity contribution in [2.24, 2.45) is 23.7 Å². The monoisotopic (exact) mass is 463 g/mol. The smallest absolute Gasteiger partial charge is 0.136 e. The van der Waals surface area contributed by atoms with Gasteiger partial charge in [0, 0.05) is 19.6 Å². The van der Waals surface area contributed by atoms with Gasteiger partial charge < -0.3 is 14.6 Å². The van der Waals surface area contributed by atoms with Gasteiger partial charge in [-0.3, -0.25) is 16.0 Å². The number of nitrogens with one attached hydrogen (secondary N) is 3. The van der Waals surface area contributed by atoms with E-state index in [0.29, 0.717) is 6.10 Å². The van der Waals surface area contributed by atoms with Gasteiger partial charge in [-0.1, -0.05) is 64.2 Å². The van der Waals surface area contributed by atoms with Crippen LogP contribution in [0.1, 0.15) is 96.3 Å². The molecule has 6 nitrogen and oxygen atoms in total. The summed E-state index contributed by atoms with van der Waals surface area (Å²) in [6.45, 7) is 2.83. The van der Waals surface area contributed by atoms with Crippen LogP contribution in [-0.2, 0) is 9.47 Å². The topological polar surface area (TPSA) is 81.4 Å². The molecule has 2 heterocycles. The molecule has 5 rings (SSSR count). The molecule has 190 valence electrons. The summed E-state index contributed by atoms with van der Waals surface area (Å²) in [5.74, 6) is 3.68. The molecule has 5 aliphatic rings. The van der Waals surface area contributed by atoms with Crippen molar-refractivity contribution in [3.8, 4) is 0 Å². The maximum absolute atomic E-state index is 10.2. The molecule has 8 atom stereocenters. The molecule has 8 unspecified atom stereocenters. The van der Waals surface area contributed by atoms with Crippen molar-refractivity contribution in [2.45, 2.75) is 127 Å². The Labute approximate surface area is 201 Å². The minimum atomic E-state index is -0.364. The summed E-state index contributed by atoms with van der Waals surface area (Å²) in [4.78, 5) is 0. The molecule has 6 heteroatoms. The average molecular weight is 464 g/mol. The summed E-state index contributed by atoms with van der Waals surface area (Å²) in [6, 6.07) is 0. The van der Waals surface area contributed by atoms with Crippen LogP contribution in [0.2, 0.25) is 0 Å².